The fourth-order valence-corrected chi connectivity index (χ4v) is 4.53. The van der Waals surface area contributed by atoms with Crippen LogP contribution in [0.4, 0.5) is 0 Å². The zero-order valence-corrected chi connectivity index (χ0v) is 10.8. The molecule has 0 spiro atoms. The van der Waals surface area contributed by atoms with Gasteiger partial charge in [-0.2, -0.15) is 0 Å². The summed E-state index contributed by atoms with van der Waals surface area (Å²) < 4.78 is 0. The molecule has 2 N–H and O–H groups in total. The van der Waals surface area contributed by atoms with Gasteiger partial charge in [0.1, 0.15) is 0 Å². The lowest BCUT2D eigenvalue weighted by Gasteiger charge is -2.29. The average molecular weight is 249 g/mol. The second kappa shape index (κ2) is 4.63. The normalized spacial score (nSPS) is 31.7. The van der Waals surface area contributed by atoms with Gasteiger partial charge in [0, 0.05) is 15.7 Å². The van der Waals surface area contributed by atoms with Gasteiger partial charge in [-0.05, 0) is 43.9 Å². The predicted molar refractivity (Wildman–Crippen MR) is 71.5 cm³/mol. The molecule has 2 atom stereocenters. The van der Waals surface area contributed by atoms with Gasteiger partial charge in [0.15, 0.2) is 0 Å². The summed E-state index contributed by atoms with van der Waals surface area (Å²) >= 11 is 1.99. The van der Waals surface area contributed by atoms with Crippen molar-refractivity contribution in [3.05, 3.63) is 29.8 Å². The van der Waals surface area contributed by atoms with E-state index in [-0.39, 0.29) is 12.1 Å². The third-order valence-electron chi connectivity index (χ3n) is 3.97. The van der Waals surface area contributed by atoms with E-state index in [4.69, 9.17) is 0 Å². The fraction of sp³-hybridized carbons (Fsp3) is 0.571. The molecule has 2 aliphatic heterocycles. The standard InChI is InChI=1S/C14H19NOS/c16-10-14(6-3-7-15-14)9-12-8-11-4-1-2-5-13(11)17-12/h1-2,4-5,12,15-16H,3,6-10H2. The van der Waals surface area contributed by atoms with E-state index in [0.717, 1.165) is 25.8 Å². The summed E-state index contributed by atoms with van der Waals surface area (Å²) in [5.41, 5.74) is 1.48. The van der Waals surface area contributed by atoms with E-state index in [9.17, 15) is 5.11 Å². The molecule has 92 valence electrons. The number of hydrogen-bond donors (Lipinski definition) is 2. The second-order valence-electron chi connectivity index (χ2n) is 5.22. The van der Waals surface area contributed by atoms with Crippen molar-refractivity contribution in [3.63, 3.8) is 0 Å². The van der Waals surface area contributed by atoms with E-state index >= 15 is 0 Å². The number of fused-ring (bicyclic) bond motifs is 1. The first-order valence-electron chi connectivity index (χ1n) is 6.42. The molecule has 17 heavy (non-hydrogen) atoms. The minimum absolute atomic E-state index is 0.000288. The molecule has 0 aliphatic carbocycles. The third kappa shape index (κ3) is 2.24. The lowest BCUT2D eigenvalue weighted by molar-refractivity contribution is 0.168. The van der Waals surface area contributed by atoms with Gasteiger partial charge in [-0.25, -0.2) is 0 Å². The number of aliphatic hydroxyl groups excluding tert-OH is 1. The van der Waals surface area contributed by atoms with Crippen molar-refractivity contribution in [1.29, 1.82) is 0 Å². The van der Waals surface area contributed by atoms with Crippen LogP contribution in [0.25, 0.3) is 0 Å². The molecule has 2 heterocycles. The van der Waals surface area contributed by atoms with Crippen molar-refractivity contribution >= 4 is 11.8 Å². The molecule has 0 radical (unpaired) electrons. The molecule has 2 unspecified atom stereocenters. The van der Waals surface area contributed by atoms with Crippen LogP contribution >= 0.6 is 11.8 Å². The van der Waals surface area contributed by atoms with Gasteiger partial charge in [-0.3, -0.25) is 0 Å². The van der Waals surface area contributed by atoms with Gasteiger partial charge in [-0.1, -0.05) is 18.2 Å². The van der Waals surface area contributed by atoms with E-state index < -0.39 is 0 Å². The van der Waals surface area contributed by atoms with Crippen molar-refractivity contribution in [2.75, 3.05) is 13.2 Å². The Kier molecular flexibility index (Phi) is 3.16. The highest BCUT2D eigenvalue weighted by atomic mass is 32.2. The topological polar surface area (TPSA) is 32.3 Å². The molecule has 2 aliphatic rings. The Morgan fingerprint density at radius 3 is 3.00 bits per heavy atom. The van der Waals surface area contributed by atoms with Gasteiger partial charge < -0.3 is 10.4 Å². The van der Waals surface area contributed by atoms with Crippen LogP contribution < -0.4 is 5.32 Å². The van der Waals surface area contributed by atoms with Crippen LogP contribution in [0.15, 0.2) is 29.2 Å². The van der Waals surface area contributed by atoms with Crippen LogP contribution in [-0.2, 0) is 6.42 Å². The lowest BCUT2D eigenvalue weighted by atomic mass is 9.90. The Hall–Kier alpha value is -0.510. The van der Waals surface area contributed by atoms with Gasteiger partial charge >= 0.3 is 0 Å². The van der Waals surface area contributed by atoms with E-state index in [2.05, 4.69) is 29.6 Å². The molecule has 3 heteroatoms. The first kappa shape index (κ1) is 11.6. The average Bonchev–Trinajstić information content (AvgIpc) is 2.95. The first-order chi connectivity index (χ1) is 8.31. The number of aliphatic hydroxyl groups is 1. The maximum Gasteiger partial charge on any atom is 0.0613 e. The Morgan fingerprint density at radius 2 is 2.29 bits per heavy atom. The summed E-state index contributed by atoms with van der Waals surface area (Å²) in [5, 5.41) is 13.8. The molecule has 0 bridgehead atoms. The smallest absolute Gasteiger partial charge is 0.0613 e. The van der Waals surface area contributed by atoms with Gasteiger partial charge in [0.05, 0.1) is 6.61 Å². The zero-order chi connectivity index (χ0) is 11.7. The first-order valence-corrected chi connectivity index (χ1v) is 7.30. The number of nitrogens with one attached hydrogen (secondary N) is 1. The Morgan fingerprint density at radius 1 is 1.41 bits per heavy atom. The molecule has 1 saturated heterocycles. The molecule has 1 aromatic rings. The molecule has 0 aromatic heterocycles. The Labute approximate surface area is 107 Å². The highest BCUT2D eigenvalue weighted by molar-refractivity contribution is 8.00. The summed E-state index contributed by atoms with van der Waals surface area (Å²) in [6, 6.07) is 8.69. The number of rotatable bonds is 3. The molecule has 2 nitrogen and oxygen atoms in total. The van der Waals surface area contributed by atoms with Crippen LogP contribution in [0, 0.1) is 0 Å². The minimum atomic E-state index is -0.000288. The summed E-state index contributed by atoms with van der Waals surface area (Å²) in [6.07, 6.45) is 4.56. The van der Waals surface area contributed by atoms with Gasteiger partial charge in [0.2, 0.25) is 0 Å². The lowest BCUT2D eigenvalue weighted by Crippen LogP contribution is -2.45. The van der Waals surface area contributed by atoms with E-state index in [0.29, 0.717) is 5.25 Å². The van der Waals surface area contributed by atoms with Crippen LogP contribution in [0.2, 0.25) is 0 Å². The molecule has 0 amide bonds. The maximum absolute atomic E-state index is 9.62. The van der Waals surface area contributed by atoms with Crippen LogP contribution in [0.5, 0.6) is 0 Å². The van der Waals surface area contributed by atoms with Crippen molar-refractivity contribution in [2.45, 2.75) is 41.4 Å². The summed E-state index contributed by atoms with van der Waals surface area (Å²) in [7, 11) is 0. The molecule has 1 fully saturated rings. The van der Waals surface area contributed by atoms with Crippen LogP contribution in [-0.4, -0.2) is 29.0 Å². The molecule has 1 aromatic carbocycles. The Bertz CT molecular complexity index is 376. The maximum atomic E-state index is 9.62. The molecular formula is C14H19NOS. The van der Waals surface area contributed by atoms with Crippen LogP contribution in [0.1, 0.15) is 24.8 Å². The summed E-state index contributed by atoms with van der Waals surface area (Å²) in [6.45, 7) is 1.34. The SMILES string of the molecule is OCC1(CC2Cc3ccccc3S2)CCCN1. The third-order valence-corrected chi connectivity index (χ3v) is 5.29. The van der Waals surface area contributed by atoms with Crippen molar-refractivity contribution in [3.8, 4) is 0 Å². The van der Waals surface area contributed by atoms with Crippen molar-refractivity contribution in [2.24, 2.45) is 0 Å². The molecular weight excluding hydrogens is 230 g/mol. The van der Waals surface area contributed by atoms with Crippen molar-refractivity contribution in [1.82, 2.24) is 5.32 Å². The van der Waals surface area contributed by atoms with Gasteiger partial charge in [-0.15, -0.1) is 11.8 Å². The number of thioether (sulfide) groups is 1. The number of hydrogen-bond acceptors (Lipinski definition) is 3. The monoisotopic (exact) mass is 249 g/mol. The van der Waals surface area contributed by atoms with E-state index in [1.165, 1.54) is 16.9 Å². The van der Waals surface area contributed by atoms with Gasteiger partial charge in [0.25, 0.3) is 0 Å². The molecule has 3 rings (SSSR count). The fourth-order valence-electron chi connectivity index (χ4n) is 3.05. The quantitative estimate of drug-likeness (QED) is 0.861. The highest BCUT2D eigenvalue weighted by Crippen LogP contribution is 2.41. The largest absolute Gasteiger partial charge is 0.394 e. The highest BCUT2D eigenvalue weighted by Gasteiger charge is 2.37. The number of benzene rings is 1. The van der Waals surface area contributed by atoms with E-state index in [1.54, 1.807) is 0 Å². The summed E-state index contributed by atoms with van der Waals surface area (Å²) in [4.78, 5) is 1.43. The minimum Gasteiger partial charge on any atom is -0.394 e. The van der Waals surface area contributed by atoms with Crippen LogP contribution in [0.3, 0.4) is 0 Å². The van der Waals surface area contributed by atoms with Crippen molar-refractivity contribution < 1.29 is 5.11 Å². The second-order valence-corrected chi connectivity index (χ2v) is 6.57. The zero-order valence-electron chi connectivity index (χ0n) is 9.98. The van der Waals surface area contributed by atoms with E-state index in [1.807, 2.05) is 11.8 Å². The molecule has 0 saturated carbocycles. The predicted octanol–water partition coefficient (Wildman–Crippen LogP) is 2.21. The Balaban J connectivity index is 1.69. The summed E-state index contributed by atoms with van der Waals surface area (Å²) in [5.74, 6) is 0.